The van der Waals surface area contributed by atoms with Crippen LogP contribution >= 0.6 is 11.3 Å². The minimum Gasteiger partial charge on any atom is -0.366 e. The van der Waals surface area contributed by atoms with E-state index in [0.29, 0.717) is 11.5 Å². The predicted molar refractivity (Wildman–Crippen MR) is 99.6 cm³/mol. The van der Waals surface area contributed by atoms with Gasteiger partial charge in [-0.3, -0.25) is 4.79 Å². The predicted octanol–water partition coefficient (Wildman–Crippen LogP) is 3.80. The Morgan fingerprint density at radius 3 is 2.79 bits per heavy atom. The second-order valence-electron chi connectivity index (χ2n) is 6.61. The molecule has 1 amide bonds. The number of fused-ring (bicyclic) bond motifs is 1. The molecule has 1 aliphatic heterocycles. The van der Waals surface area contributed by atoms with Gasteiger partial charge in [0.1, 0.15) is 0 Å². The van der Waals surface area contributed by atoms with E-state index < -0.39 is 0 Å². The first kappa shape index (κ1) is 15.4. The van der Waals surface area contributed by atoms with Crippen LogP contribution in [0.2, 0.25) is 0 Å². The zero-order valence-corrected chi connectivity index (χ0v) is 14.5. The summed E-state index contributed by atoms with van der Waals surface area (Å²) >= 11 is 1.68. The number of aromatic amines is 1. The van der Waals surface area contributed by atoms with Gasteiger partial charge in [-0.15, -0.1) is 11.3 Å². The molecule has 0 saturated carbocycles. The highest BCUT2D eigenvalue weighted by Gasteiger charge is 2.23. The summed E-state index contributed by atoms with van der Waals surface area (Å²) in [5.41, 5.74) is 9.48. The normalized spacial score (nSPS) is 16.7. The zero-order chi connectivity index (χ0) is 16.7. The number of piperidine rings is 1. The summed E-state index contributed by atoms with van der Waals surface area (Å²) in [7, 11) is 2.17. The fourth-order valence-electron chi connectivity index (χ4n) is 3.69. The largest absolute Gasteiger partial charge is 0.366 e. The first-order valence-corrected chi connectivity index (χ1v) is 9.18. The summed E-state index contributed by atoms with van der Waals surface area (Å²) in [6.07, 6.45) is 4.38. The van der Waals surface area contributed by atoms with E-state index >= 15 is 0 Å². The van der Waals surface area contributed by atoms with Crippen molar-refractivity contribution in [3.63, 3.8) is 0 Å². The van der Waals surface area contributed by atoms with Gasteiger partial charge in [0, 0.05) is 16.5 Å². The fourth-order valence-corrected chi connectivity index (χ4v) is 4.40. The average molecular weight is 339 g/mol. The molecule has 0 radical (unpaired) electrons. The van der Waals surface area contributed by atoms with E-state index in [1.54, 1.807) is 11.3 Å². The first-order chi connectivity index (χ1) is 11.6. The van der Waals surface area contributed by atoms with Crippen LogP contribution in [0.1, 0.15) is 34.7 Å². The highest BCUT2D eigenvalue weighted by Crippen LogP contribution is 2.37. The van der Waals surface area contributed by atoms with Crippen LogP contribution in [0, 0.1) is 0 Å². The van der Waals surface area contributed by atoms with E-state index in [0.717, 1.165) is 47.3 Å². The van der Waals surface area contributed by atoms with Gasteiger partial charge in [0.05, 0.1) is 11.1 Å². The smallest absolute Gasteiger partial charge is 0.250 e. The number of benzene rings is 1. The van der Waals surface area contributed by atoms with Gasteiger partial charge in [0.2, 0.25) is 0 Å². The second kappa shape index (κ2) is 6.07. The highest BCUT2D eigenvalue weighted by molar-refractivity contribution is 7.13. The van der Waals surface area contributed by atoms with Crippen molar-refractivity contribution >= 4 is 28.1 Å². The standard InChI is InChI=1S/C19H21N3OS/c1-22-6-4-12(5-7-22)16-11-21-18-14(16)9-13(10-15(18)19(20)23)17-3-2-8-24-17/h2-3,8-12,21H,4-7H2,1H3,(H2,20,23). The second-order valence-corrected chi connectivity index (χ2v) is 7.56. The number of carbonyl (C=O) groups is 1. The molecule has 3 N–H and O–H groups in total. The van der Waals surface area contributed by atoms with Crippen LogP contribution in [0.4, 0.5) is 0 Å². The van der Waals surface area contributed by atoms with E-state index in [9.17, 15) is 4.79 Å². The molecular formula is C19H21N3OS. The van der Waals surface area contributed by atoms with Crippen LogP contribution in [0.25, 0.3) is 21.3 Å². The quantitative estimate of drug-likeness (QED) is 0.762. The van der Waals surface area contributed by atoms with E-state index in [1.165, 1.54) is 5.56 Å². The summed E-state index contributed by atoms with van der Waals surface area (Å²) < 4.78 is 0. The maximum atomic E-state index is 12.0. The van der Waals surface area contributed by atoms with Crippen molar-refractivity contribution in [3.8, 4) is 10.4 Å². The summed E-state index contributed by atoms with van der Waals surface area (Å²) in [6.45, 7) is 2.23. The lowest BCUT2D eigenvalue weighted by atomic mass is 9.88. The molecule has 0 atom stereocenters. The average Bonchev–Trinajstić information content (AvgIpc) is 3.24. The maximum absolute atomic E-state index is 12.0. The molecule has 1 aliphatic rings. The van der Waals surface area contributed by atoms with Crippen molar-refractivity contribution in [1.29, 1.82) is 0 Å². The number of H-pyrrole nitrogens is 1. The summed E-state index contributed by atoms with van der Waals surface area (Å²) in [5.74, 6) is 0.157. The number of likely N-dealkylation sites (tertiary alicyclic amines) is 1. The number of thiophene rings is 1. The SMILES string of the molecule is CN1CCC(c2c[nH]c3c(C(N)=O)cc(-c4cccs4)cc23)CC1. The minimum absolute atomic E-state index is 0.379. The molecule has 4 nitrogen and oxygen atoms in total. The molecule has 3 heterocycles. The van der Waals surface area contributed by atoms with Crippen LogP contribution in [-0.4, -0.2) is 35.9 Å². The molecule has 5 heteroatoms. The fraction of sp³-hybridized carbons (Fsp3) is 0.316. The summed E-state index contributed by atoms with van der Waals surface area (Å²) in [5, 5.41) is 3.20. The van der Waals surface area contributed by atoms with Crippen LogP contribution < -0.4 is 5.73 Å². The minimum atomic E-state index is -0.379. The Morgan fingerprint density at radius 1 is 1.33 bits per heavy atom. The van der Waals surface area contributed by atoms with Gasteiger partial charge in [-0.05, 0) is 73.6 Å². The molecule has 1 fully saturated rings. The lowest BCUT2D eigenvalue weighted by molar-refractivity contribution is 0.100. The molecule has 4 rings (SSSR count). The van der Waals surface area contributed by atoms with Crippen molar-refractivity contribution < 1.29 is 4.79 Å². The van der Waals surface area contributed by atoms with E-state index in [-0.39, 0.29) is 5.91 Å². The van der Waals surface area contributed by atoms with Gasteiger partial charge in [-0.2, -0.15) is 0 Å². The third-order valence-corrected chi connectivity index (χ3v) is 5.97. The van der Waals surface area contributed by atoms with Gasteiger partial charge >= 0.3 is 0 Å². The zero-order valence-electron chi connectivity index (χ0n) is 13.7. The Labute approximate surface area is 145 Å². The van der Waals surface area contributed by atoms with Crippen LogP contribution in [0.3, 0.4) is 0 Å². The van der Waals surface area contributed by atoms with Crippen LogP contribution in [0.15, 0.2) is 35.8 Å². The van der Waals surface area contributed by atoms with E-state index in [1.807, 2.05) is 12.1 Å². The molecule has 1 aromatic carbocycles. The van der Waals surface area contributed by atoms with Gasteiger partial charge in [0.25, 0.3) is 5.91 Å². The molecular weight excluding hydrogens is 318 g/mol. The molecule has 2 aromatic heterocycles. The lowest BCUT2D eigenvalue weighted by Gasteiger charge is -2.28. The Hall–Kier alpha value is -2.11. The Morgan fingerprint density at radius 2 is 2.12 bits per heavy atom. The number of hydrogen-bond donors (Lipinski definition) is 2. The molecule has 124 valence electrons. The Balaban J connectivity index is 1.86. The number of nitrogens with zero attached hydrogens (tertiary/aromatic N) is 1. The van der Waals surface area contributed by atoms with E-state index in [2.05, 4.69) is 40.6 Å². The highest BCUT2D eigenvalue weighted by atomic mass is 32.1. The first-order valence-electron chi connectivity index (χ1n) is 8.30. The molecule has 3 aromatic rings. The summed E-state index contributed by atoms with van der Waals surface area (Å²) in [4.78, 5) is 18.8. The third-order valence-electron chi connectivity index (χ3n) is 5.05. The van der Waals surface area contributed by atoms with Gasteiger partial charge < -0.3 is 15.6 Å². The van der Waals surface area contributed by atoms with Crippen molar-refractivity contribution in [1.82, 2.24) is 9.88 Å². The number of hydrogen-bond acceptors (Lipinski definition) is 3. The third kappa shape index (κ3) is 2.64. The number of amides is 1. The monoisotopic (exact) mass is 339 g/mol. The summed E-state index contributed by atoms with van der Waals surface area (Å²) in [6, 6.07) is 8.23. The maximum Gasteiger partial charge on any atom is 0.250 e. The number of rotatable bonds is 3. The van der Waals surface area contributed by atoms with Crippen LogP contribution in [-0.2, 0) is 0 Å². The molecule has 0 aliphatic carbocycles. The number of primary amides is 1. The van der Waals surface area contributed by atoms with Crippen molar-refractivity contribution in [2.45, 2.75) is 18.8 Å². The van der Waals surface area contributed by atoms with Crippen molar-refractivity contribution in [3.05, 3.63) is 47.0 Å². The van der Waals surface area contributed by atoms with Gasteiger partial charge in [-0.25, -0.2) is 0 Å². The molecule has 0 bridgehead atoms. The Bertz CT molecular complexity index is 874. The van der Waals surface area contributed by atoms with Gasteiger partial charge in [-0.1, -0.05) is 6.07 Å². The van der Waals surface area contributed by atoms with Crippen molar-refractivity contribution in [2.24, 2.45) is 5.73 Å². The Kier molecular flexibility index (Phi) is 3.90. The van der Waals surface area contributed by atoms with E-state index in [4.69, 9.17) is 5.73 Å². The topological polar surface area (TPSA) is 62.1 Å². The van der Waals surface area contributed by atoms with Gasteiger partial charge in [0.15, 0.2) is 0 Å². The number of nitrogens with one attached hydrogen (secondary N) is 1. The number of nitrogens with two attached hydrogens (primary N) is 1. The number of carbonyl (C=O) groups excluding carboxylic acids is 1. The molecule has 0 unspecified atom stereocenters. The lowest BCUT2D eigenvalue weighted by Crippen LogP contribution is -2.29. The van der Waals surface area contributed by atoms with Crippen molar-refractivity contribution in [2.75, 3.05) is 20.1 Å². The van der Waals surface area contributed by atoms with Crippen LogP contribution in [0.5, 0.6) is 0 Å². The number of aromatic nitrogens is 1. The molecule has 24 heavy (non-hydrogen) atoms. The molecule has 1 saturated heterocycles. The molecule has 0 spiro atoms.